The van der Waals surface area contributed by atoms with E-state index in [-0.39, 0.29) is 16.4 Å². The number of nitrogens with zero attached hydrogens (tertiary/aromatic N) is 1. The number of hydrogen-bond donors (Lipinski definition) is 3. The predicted molar refractivity (Wildman–Crippen MR) is 117 cm³/mol. The van der Waals surface area contributed by atoms with Crippen molar-refractivity contribution in [2.75, 3.05) is 6.61 Å². The van der Waals surface area contributed by atoms with Gasteiger partial charge in [-0.3, -0.25) is 19.9 Å². The number of nitrogens with one attached hydrogen (secondary N) is 1. The second-order valence-electron chi connectivity index (χ2n) is 6.86. The van der Waals surface area contributed by atoms with Crippen molar-refractivity contribution >= 4 is 28.9 Å². The van der Waals surface area contributed by atoms with Crippen LogP contribution in [0.4, 0.5) is 4.79 Å². The third-order valence-electron chi connectivity index (χ3n) is 4.39. The van der Waals surface area contributed by atoms with Crippen molar-refractivity contribution in [3.05, 3.63) is 59.4 Å². The maximum atomic E-state index is 11.6. The quantitative estimate of drug-likeness (QED) is 0.565. The first-order valence-electron chi connectivity index (χ1n) is 9.86. The van der Waals surface area contributed by atoms with Gasteiger partial charge in [0.25, 0.3) is 5.24 Å². The third kappa shape index (κ3) is 8.39. The first kappa shape index (κ1) is 24.4. The number of amides is 2. The van der Waals surface area contributed by atoms with Gasteiger partial charge in [0.2, 0.25) is 5.91 Å². The van der Waals surface area contributed by atoms with Gasteiger partial charge in [-0.05, 0) is 49.1 Å². The van der Waals surface area contributed by atoms with Gasteiger partial charge in [-0.1, -0.05) is 36.9 Å². The topological polar surface area (TPSA) is 126 Å². The minimum atomic E-state index is -1.23. The fourth-order valence-electron chi connectivity index (χ4n) is 2.55. The molecule has 1 aromatic carbocycles. The lowest BCUT2D eigenvalue weighted by atomic mass is 10.1. The van der Waals surface area contributed by atoms with Gasteiger partial charge in [0, 0.05) is 18.3 Å². The van der Waals surface area contributed by atoms with Crippen LogP contribution < -0.4 is 10.1 Å². The third-order valence-corrected chi connectivity index (χ3v) is 5.37. The van der Waals surface area contributed by atoms with Crippen molar-refractivity contribution in [1.29, 1.82) is 0 Å². The van der Waals surface area contributed by atoms with Crippen molar-refractivity contribution in [3.63, 3.8) is 0 Å². The van der Waals surface area contributed by atoms with Gasteiger partial charge in [0.1, 0.15) is 11.9 Å². The molecule has 0 radical (unpaired) electrons. The van der Waals surface area contributed by atoms with Gasteiger partial charge in [-0.15, -0.1) is 0 Å². The Morgan fingerprint density at radius 1 is 1.19 bits per heavy atom. The number of carbonyl (C=O) groups is 3. The molecule has 0 aliphatic carbocycles. The van der Waals surface area contributed by atoms with Crippen LogP contribution in [0.3, 0.4) is 0 Å². The summed E-state index contributed by atoms with van der Waals surface area (Å²) in [7, 11) is 0. The fraction of sp³-hybridized carbons (Fsp3) is 0.364. The van der Waals surface area contributed by atoms with Crippen LogP contribution in [0, 0.1) is 0 Å². The number of aromatic nitrogens is 1. The first-order chi connectivity index (χ1) is 14.8. The van der Waals surface area contributed by atoms with Crippen LogP contribution in [0.2, 0.25) is 0 Å². The van der Waals surface area contributed by atoms with E-state index in [0.717, 1.165) is 41.6 Å². The lowest BCUT2D eigenvalue weighted by molar-refractivity contribution is -0.145. The number of ether oxygens (including phenoxy) is 1. The monoisotopic (exact) mass is 446 g/mol. The molecule has 8 nitrogen and oxygen atoms in total. The lowest BCUT2D eigenvalue weighted by Crippen LogP contribution is -2.25. The van der Waals surface area contributed by atoms with E-state index in [9.17, 15) is 14.4 Å². The Bertz CT molecular complexity index is 884. The molecule has 3 N–H and O–H groups in total. The number of benzene rings is 1. The predicted octanol–water partition coefficient (Wildman–Crippen LogP) is 2.61. The van der Waals surface area contributed by atoms with Gasteiger partial charge >= 0.3 is 5.97 Å². The zero-order valence-electron chi connectivity index (χ0n) is 17.4. The molecule has 1 saturated heterocycles. The van der Waals surface area contributed by atoms with Crippen molar-refractivity contribution in [3.8, 4) is 5.75 Å². The Labute approximate surface area is 185 Å². The molecule has 2 amide bonds. The maximum absolute atomic E-state index is 11.6. The van der Waals surface area contributed by atoms with E-state index in [1.54, 1.807) is 0 Å². The minimum Gasteiger partial charge on any atom is -0.493 e. The summed E-state index contributed by atoms with van der Waals surface area (Å²) >= 11 is 1.05. The molecule has 3 rings (SSSR count). The van der Waals surface area contributed by atoms with Crippen molar-refractivity contribution in [2.24, 2.45) is 0 Å². The number of aryl methyl sites for hydroxylation is 1. The molecule has 2 heterocycles. The highest BCUT2D eigenvalue weighted by Gasteiger charge is 2.31. The standard InChI is InChI=1S/C19H20N2O3S.C3H6O3/c1-2-13-3-6-15(20-12-13)9-10-24-16-7-4-14(5-8-16)11-17-18(22)21-19(23)25-17;1-2(4)3(5)6/h3-8,12,17H,2,9-11H2,1H3,(H,21,22,23);2,4H,1H3,(H,5,6). The number of pyridine rings is 1. The second-order valence-corrected chi connectivity index (χ2v) is 8.03. The first-order valence-corrected chi connectivity index (χ1v) is 10.7. The highest BCUT2D eigenvalue weighted by Crippen LogP contribution is 2.23. The summed E-state index contributed by atoms with van der Waals surface area (Å²) in [5, 5.41) is 17.5. The van der Waals surface area contributed by atoms with E-state index in [2.05, 4.69) is 23.3 Å². The smallest absolute Gasteiger partial charge is 0.332 e. The molecule has 2 atom stereocenters. The Morgan fingerprint density at radius 3 is 2.32 bits per heavy atom. The molecule has 0 bridgehead atoms. The molecule has 1 fully saturated rings. The molecule has 166 valence electrons. The van der Waals surface area contributed by atoms with Crippen molar-refractivity contribution in [2.45, 2.75) is 44.5 Å². The van der Waals surface area contributed by atoms with E-state index >= 15 is 0 Å². The number of hydrogen-bond acceptors (Lipinski definition) is 7. The SMILES string of the molecule is CC(O)C(=O)O.CCc1ccc(CCOc2ccc(CC3SC(=O)NC3=O)cc2)nc1. The number of rotatable bonds is 8. The average Bonchev–Trinajstić information content (AvgIpc) is 3.06. The number of carboxylic acids is 1. The highest BCUT2D eigenvalue weighted by atomic mass is 32.2. The van der Waals surface area contributed by atoms with E-state index in [1.807, 2.05) is 36.5 Å². The molecule has 1 aliphatic rings. The molecule has 31 heavy (non-hydrogen) atoms. The summed E-state index contributed by atoms with van der Waals surface area (Å²) in [6.45, 7) is 3.87. The summed E-state index contributed by atoms with van der Waals surface area (Å²) in [4.78, 5) is 36.6. The molecular weight excluding hydrogens is 420 g/mol. The zero-order chi connectivity index (χ0) is 22.8. The normalized spacial score (nSPS) is 16.2. The summed E-state index contributed by atoms with van der Waals surface area (Å²) in [5.41, 5.74) is 3.25. The van der Waals surface area contributed by atoms with E-state index in [4.69, 9.17) is 14.9 Å². The Kier molecular flexibility index (Phi) is 9.48. The van der Waals surface area contributed by atoms with Crippen LogP contribution >= 0.6 is 11.8 Å². The molecule has 2 unspecified atom stereocenters. The van der Waals surface area contributed by atoms with Gasteiger partial charge in [0.05, 0.1) is 11.9 Å². The highest BCUT2D eigenvalue weighted by molar-refractivity contribution is 8.15. The number of aliphatic hydroxyl groups is 1. The van der Waals surface area contributed by atoms with Crippen molar-refractivity contribution < 1.29 is 29.3 Å². The van der Waals surface area contributed by atoms with Gasteiger partial charge in [-0.2, -0.15) is 0 Å². The number of aliphatic hydroxyl groups excluding tert-OH is 1. The molecule has 9 heteroatoms. The Balaban J connectivity index is 0.000000501. The molecule has 1 aliphatic heterocycles. The van der Waals surface area contributed by atoms with Gasteiger partial charge in [0.15, 0.2) is 0 Å². The Hall–Kier alpha value is -2.91. The van der Waals surface area contributed by atoms with E-state index in [0.29, 0.717) is 13.0 Å². The summed E-state index contributed by atoms with van der Waals surface area (Å²) in [5.74, 6) is -0.611. The minimum absolute atomic E-state index is 0.211. The summed E-state index contributed by atoms with van der Waals surface area (Å²) < 4.78 is 5.75. The maximum Gasteiger partial charge on any atom is 0.332 e. The molecular formula is C22H26N2O6S. The number of imide groups is 1. The lowest BCUT2D eigenvalue weighted by Gasteiger charge is -2.09. The fourth-order valence-corrected chi connectivity index (χ4v) is 3.41. The van der Waals surface area contributed by atoms with Crippen LogP contribution in [0.15, 0.2) is 42.6 Å². The number of carboxylic acid groups (broad SMARTS) is 1. The number of thioether (sulfide) groups is 1. The zero-order valence-corrected chi connectivity index (χ0v) is 18.2. The molecule has 2 aromatic rings. The van der Waals surface area contributed by atoms with Crippen molar-refractivity contribution in [1.82, 2.24) is 10.3 Å². The second kappa shape index (κ2) is 12.1. The van der Waals surface area contributed by atoms with E-state index < -0.39 is 12.1 Å². The Morgan fingerprint density at radius 2 is 1.84 bits per heavy atom. The molecule has 1 aromatic heterocycles. The largest absolute Gasteiger partial charge is 0.493 e. The summed E-state index contributed by atoms with van der Waals surface area (Å²) in [6.07, 6.45) is 2.96. The average molecular weight is 447 g/mol. The van der Waals surface area contributed by atoms with E-state index in [1.165, 1.54) is 12.5 Å². The van der Waals surface area contributed by atoms with Crippen LogP contribution in [0.25, 0.3) is 0 Å². The summed E-state index contributed by atoms with van der Waals surface area (Å²) in [6, 6.07) is 11.8. The van der Waals surface area contributed by atoms with Crippen LogP contribution in [0.1, 0.15) is 30.7 Å². The van der Waals surface area contributed by atoms with Gasteiger partial charge < -0.3 is 14.9 Å². The van der Waals surface area contributed by atoms with Crippen LogP contribution in [-0.4, -0.2) is 50.3 Å². The molecule has 0 saturated carbocycles. The molecule has 0 spiro atoms. The number of carbonyl (C=O) groups excluding carboxylic acids is 2. The van der Waals surface area contributed by atoms with Crippen LogP contribution in [0.5, 0.6) is 5.75 Å². The van der Waals surface area contributed by atoms with Crippen LogP contribution in [-0.2, 0) is 28.9 Å². The van der Waals surface area contributed by atoms with Gasteiger partial charge in [-0.25, -0.2) is 4.79 Å². The number of aliphatic carboxylic acids is 1.